The van der Waals surface area contributed by atoms with E-state index in [1.807, 2.05) is 13.8 Å². The van der Waals surface area contributed by atoms with Crippen molar-refractivity contribution in [2.75, 3.05) is 19.8 Å². The van der Waals surface area contributed by atoms with E-state index in [1.165, 1.54) is 63.5 Å². The van der Waals surface area contributed by atoms with E-state index in [4.69, 9.17) is 28.1 Å². The van der Waals surface area contributed by atoms with Gasteiger partial charge < -0.3 is 28.6 Å². The van der Waals surface area contributed by atoms with Crippen molar-refractivity contribution in [2.24, 2.45) is 82.3 Å². The molecule has 16 fully saturated rings. The predicted octanol–water partition coefficient (Wildman–Crippen LogP) is 16.1. The lowest BCUT2D eigenvalue weighted by atomic mass is 9.50. The second kappa shape index (κ2) is 34.9. The molecule has 2 aromatic rings. The van der Waals surface area contributed by atoms with E-state index >= 15 is 0 Å². The van der Waals surface area contributed by atoms with Gasteiger partial charge in [-0.2, -0.15) is 51.2 Å². The Morgan fingerprint density at radius 1 is 0.398 bits per heavy atom. The van der Waals surface area contributed by atoms with Gasteiger partial charge in [-0.05, 0) is 268 Å². The van der Waals surface area contributed by atoms with Crippen molar-refractivity contribution in [3.63, 3.8) is 0 Å². The minimum atomic E-state index is -5.79. The third-order valence-electron chi connectivity index (χ3n) is 28.4. The molecule has 0 radical (unpaired) electrons. The number of ether oxygens (including phenoxy) is 5. The summed E-state index contributed by atoms with van der Waals surface area (Å²) in [4.78, 5) is 75.6. The topological polar surface area (TPSA) is 369 Å². The molecule has 24 nitrogen and oxygen atoms in total. The lowest BCUT2D eigenvalue weighted by molar-refractivity contribution is -0.172. The molecule has 113 heavy (non-hydrogen) atoms. The summed E-state index contributed by atoms with van der Waals surface area (Å²) in [7, 11) is -20.8. The molecular formula is C81H113F4NO23S4. The van der Waals surface area contributed by atoms with Gasteiger partial charge >= 0.3 is 66.5 Å². The van der Waals surface area contributed by atoms with E-state index in [0.717, 1.165) is 196 Å². The van der Waals surface area contributed by atoms with Gasteiger partial charge in [-0.3, -0.25) is 23.0 Å². The van der Waals surface area contributed by atoms with Crippen LogP contribution in [0, 0.1) is 82.3 Å². The first-order valence-corrected chi connectivity index (χ1v) is 47.1. The van der Waals surface area contributed by atoms with Crippen molar-refractivity contribution in [1.82, 2.24) is 4.90 Å². The molecule has 12 bridgehead atoms. The molecule has 1 amide bonds. The van der Waals surface area contributed by atoms with Crippen molar-refractivity contribution < 1.29 is 122 Å². The van der Waals surface area contributed by atoms with E-state index < -0.39 is 108 Å². The van der Waals surface area contributed by atoms with Gasteiger partial charge in [0.1, 0.15) is 11.2 Å². The lowest BCUT2D eigenvalue weighted by Crippen LogP contribution is -2.58. The fraction of sp³-hybridized carbons (Fsp3) is 0.778. The average Bonchev–Trinajstić information content (AvgIpc) is 0.734. The minimum Gasteiger partial charge on any atom is -0.462 e. The highest BCUT2D eigenvalue weighted by atomic mass is 32.2. The Balaban J connectivity index is 0.000000144. The standard InChI is InChI=1S/C30H38O7S.C24H34O7S.C14H23F2NO4S.C13H18F2O5S/c1-29(22-5-16-3-17(7-22)8-23(29)6-16)36-27(31)20-13-21(15-26(14-20)38(33,34)35)28(32)37-30(2)24-9-18-4-19(11-24)12-25(30)10-18;25-23(30-13-11-18-7-3-1-4-8-18)20-15-21(17-22(16-20)32(27,28)29)24(26)31-14-12-19-9-5-2-6-10-19;15-14(16,22(19,20)21)13(18)17(11-7-3-1-4-8-11)12-9-5-2-6-10-12;14-13(15,21(17,18)19)11(16)20-7-12-4-8-1-9(5-12)3-10(2-8)6-12/h13-19,22-25H,3-12H2,1-2H3,(H,33,34,35);15-19H,1-14H2,(H,27,28,29);11-12H,1-10H2,(H,19,20,21);8-10H,1-7H2,(H,17,18,19). The van der Waals surface area contributed by atoms with Crippen LogP contribution in [0.1, 0.15) is 299 Å². The van der Waals surface area contributed by atoms with E-state index in [0.29, 0.717) is 103 Å². The SMILES string of the molecule is CC1(OC(=O)c2cc(C(=O)OC3(C)C4CC5CC(C4)CC3C5)cc(S(=O)(=O)O)c2)C2CC3CC(C2)CC1C3.O=C(N(C1CCCCC1)C1CCCCC1)C(F)(F)S(=O)(=O)O.O=C(OCC12CC3CC(CC(C3)C1)C2)C(F)(F)S(=O)(=O)O.O=C(OCCC1CCCCC1)c1cc(C(=O)OCCC2CCCCC2)cc(S(=O)(=O)O)c1. The fourth-order valence-electron chi connectivity index (χ4n) is 23.3. The maximum absolute atomic E-state index is 13.9. The third-order valence-corrected chi connectivity index (χ3v) is 31.7. The molecule has 32 heteroatoms. The Kier molecular flexibility index (Phi) is 26.9. The summed E-state index contributed by atoms with van der Waals surface area (Å²) in [6.07, 6.45) is 38.2. The number of hydrogen-bond donors (Lipinski definition) is 4. The number of esters is 5. The lowest BCUT2D eigenvalue weighted by Gasteiger charge is -2.59. The van der Waals surface area contributed by atoms with Gasteiger partial charge in [0.15, 0.2) is 0 Å². The van der Waals surface area contributed by atoms with Crippen LogP contribution in [-0.2, 0) is 73.7 Å². The van der Waals surface area contributed by atoms with Crippen LogP contribution in [-0.4, -0.2) is 146 Å². The second-order valence-corrected chi connectivity index (χ2v) is 42.1. The summed E-state index contributed by atoms with van der Waals surface area (Å²) in [5.41, 5.74) is -1.76. The number of carbonyl (C=O) groups is 6. The van der Waals surface area contributed by atoms with Crippen molar-refractivity contribution in [2.45, 2.75) is 301 Å². The van der Waals surface area contributed by atoms with Crippen LogP contribution in [0.4, 0.5) is 17.6 Å². The van der Waals surface area contributed by atoms with E-state index in [2.05, 4.69) is 4.74 Å². The molecule has 16 aliphatic rings. The number of halogens is 4. The highest BCUT2D eigenvalue weighted by molar-refractivity contribution is 7.88. The summed E-state index contributed by atoms with van der Waals surface area (Å²) < 4.78 is 209. The Hall–Kier alpha value is -5.38. The quantitative estimate of drug-likeness (QED) is 0.0368. The molecule has 0 spiro atoms. The monoisotopic (exact) mass is 1670 g/mol. The number of amides is 1. The van der Waals surface area contributed by atoms with Crippen molar-refractivity contribution in [1.29, 1.82) is 0 Å². The molecule has 0 aliphatic heterocycles. The van der Waals surface area contributed by atoms with Crippen molar-refractivity contribution in [3.8, 4) is 0 Å². The third kappa shape index (κ3) is 20.3. The Morgan fingerprint density at radius 3 is 0.991 bits per heavy atom. The first-order valence-electron chi connectivity index (χ1n) is 41.4. The minimum absolute atomic E-state index is 0.0441. The van der Waals surface area contributed by atoms with Crippen LogP contribution >= 0.6 is 0 Å². The maximum Gasteiger partial charge on any atom is 0.465 e. The molecule has 16 aliphatic carbocycles. The van der Waals surface area contributed by atoms with Gasteiger partial charge in [0.25, 0.3) is 20.2 Å². The molecule has 632 valence electrons. The largest absolute Gasteiger partial charge is 0.465 e. The number of hydrogen-bond acceptors (Lipinski definition) is 19. The zero-order valence-electron chi connectivity index (χ0n) is 64.8. The van der Waals surface area contributed by atoms with Crippen LogP contribution in [0.3, 0.4) is 0 Å². The number of rotatable bonds is 22. The summed E-state index contributed by atoms with van der Waals surface area (Å²) in [6, 6.07) is 6.21. The van der Waals surface area contributed by atoms with Crippen LogP contribution in [0.15, 0.2) is 46.2 Å². The van der Waals surface area contributed by atoms with Crippen LogP contribution in [0.2, 0.25) is 0 Å². The molecule has 18 rings (SSSR count). The molecule has 0 saturated heterocycles. The summed E-state index contributed by atoms with van der Waals surface area (Å²) in [5, 5.41) is -9.66. The number of nitrogens with zero attached hydrogens (tertiary/aromatic N) is 1. The molecule has 0 atom stereocenters. The van der Waals surface area contributed by atoms with Crippen LogP contribution < -0.4 is 0 Å². The summed E-state index contributed by atoms with van der Waals surface area (Å²) in [6.45, 7) is 4.34. The smallest absolute Gasteiger partial charge is 0.462 e. The molecular weight excluding hydrogens is 1560 g/mol. The van der Waals surface area contributed by atoms with Gasteiger partial charge in [-0.1, -0.05) is 103 Å². The van der Waals surface area contributed by atoms with Gasteiger partial charge in [0, 0.05) is 17.5 Å². The molecule has 0 aromatic heterocycles. The van der Waals surface area contributed by atoms with Gasteiger partial charge in [-0.25, -0.2) is 24.0 Å². The Bertz CT molecular complexity index is 4040. The number of carbonyl (C=O) groups excluding carboxylic acids is 6. The normalized spacial score (nSPS) is 31.6. The Labute approximate surface area is 661 Å². The molecule has 2 aromatic carbocycles. The van der Waals surface area contributed by atoms with Crippen molar-refractivity contribution in [3.05, 3.63) is 58.7 Å². The predicted molar refractivity (Wildman–Crippen MR) is 402 cm³/mol. The highest BCUT2D eigenvalue weighted by Gasteiger charge is 2.61. The highest BCUT2D eigenvalue weighted by Crippen LogP contribution is 2.63. The van der Waals surface area contributed by atoms with Gasteiger partial charge in [-0.15, -0.1) is 0 Å². The molecule has 16 saturated carbocycles. The van der Waals surface area contributed by atoms with E-state index in [9.17, 15) is 89.1 Å². The average molecular weight is 1670 g/mol. The van der Waals surface area contributed by atoms with E-state index in [-0.39, 0.29) is 59.6 Å². The summed E-state index contributed by atoms with van der Waals surface area (Å²) in [5.74, 6) is 0.127. The van der Waals surface area contributed by atoms with Gasteiger partial charge in [0.2, 0.25) is 0 Å². The van der Waals surface area contributed by atoms with E-state index in [1.54, 1.807) is 0 Å². The second-order valence-electron chi connectivity index (χ2n) is 36.3. The molecule has 0 heterocycles. The van der Waals surface area contributed by atoms with Crippen molar-refractivity contribution >= 4 is 76.2 Å². The zero-order chi connectivity index (χ0) is 81.4. The first kappa shape index (κ1) is 86.9. The summed E-state index contributed by atoms with van der Waals surface area (Å²) >= 11 is 0. The van der Waals surface area contributed by atoms with Gasteiger partial charge in [0.05, 0.1) is 51.9 Å². The first-order chi connectivity index (χ1) is 53.1. The van der Waals surface area contributed by atoms with Crippen LogP contribution in [0.5, 0.6) is 0 Å². The maximum atomic E-state index is 13.9. The molecule has 4 N–H and O–H groups in total. The number of alkyl halides is 4. The zero-order valence-corrected chi connectivity index (χ0v) is 68.0. The fourth-order valence-corrected chi connectivity index (χ4v) is 25.0. The number of benzene rings is 2. The Morgan fingerprint density at radius 2 is 0.690 bits per heavy atom. The van der Waals surface area contributed by atoms with Crippen LogP contribution in [0.25, 0.3) is 0 Å². The molecule has 0 unspecified atom stereocenters.